The summed E-state index contributed by atoms with van der Waals surface area (Å²) in [5, 5.41) is 0. The monoisotopic (exact) mass is 332 g/mol. The van der Waals surface area contributed by atoms with E-state index in [0.29, 0.717) is 0 Å². The molecule has 0 saturated carbocycles. The number of pyridine rings is 1. The van der Waals surface area contributed by atoms with Gasteiger partial charge in [0.15, 0.2) is 0 Å². The summed E-state index contributed by atoms with van der Waals surface area (Å²) >= 11 is 3.48. The van der Waals surface area contributed by atoms with E-state index in [1.165, 1.54) is 0 Å². The van der Waals surface area contributed by atoms with Crippen LogP contribution < -0.4 is 9.47 Å². The maximum Gasteiger partial charge on any atom is 0.144 e. The minimum atomic E-state index is 0.742. The van der Waals surface area contributed by atoms with Crippen molar-refractivity contribution in [2.75, 3.05) is 14.2 Å². The lowest BCUT2D eigenvalue weighted by molar-refractivity contribution is 0.394. The molecule has 102 valence electrons. The molecule has 3 rings (SSSR count). The SMILES string of the molecule is COc1cc(OC)cc(-c2ncc3ccc(Br)cn23)c1. The zero-order valence-electron chi connectivity index (χ0n) is 11.1. The third-order valence-electron chi connectivity index (χ3n) is 3.10. The number of halogens is 1. The molecule has 4 nitrogen and oxygen atoms in total. The number of imidazole rings is 1. The third-order valence-corrected chi connectivity index (χ3v) is 3.57. The van der Waals surface area contributed by atoms with Crippen LogP contribution >= 0.6 is 15.9 Å². The van der Waals surface area contributed by atoms with Crippen molar-refractivity contribution in [3.8, 4) is 22.9 Å². The van der Waals surface area contributed by atoms with Gasteiger partial charge in [-0.2, -0.15) is 0 Å². The number of nitrogens with zero attached hydrogens (tertiary/aromatic N) is 2. The molecule has 0 spiro atoms. The molecule has 5 heteroatoms. The van der Waals surface area contributed by atoms with Crippen molar-refractivity contribution >= 4 is 21.4 Å². The van der Waals surface area contributed by atoms with E-state index in [9.17, 15) is 0 Å². The maximum atomic E-state index is 5.30. The topological polar surface area (TPSA) is 35.8 Å². The fourth-order valence-electron chi connectivity index (χ4n) is 2.11. The van der Waals surface area contributed by atoms with Gasteiger partial charge in [0.25, 0.3) is 0 Å². The van der Waals surface area contributed by atoms with Gasteiger partial charge in [-0.1, -0.05) is 0 Å². The molecule has 0 radical (unpaired) electrons. The highest BCUT2D eigenvalue weighted by Crippen LogP contribution is 2.30. The molecule has 0 N–H and O–H groups in total. The minimum absolute atomic E-state index is 0.742. The molecule has 0 bridgehead atoms. The largest absolute Gasteiger partial charge is 0.497 e. The highest BCUT2D eigenvalue weighted by molar-refractivity contribution is 9.10. The number of hydrogen-bond acceptors (Lipinski definition) is 3. The van der Waals surface area contributed by atoms with E-state index in [-0.39, 0.29) is 0 Å². The van der Waals surface area contributed by atoms with E-state index in [1.54, 1.807) is 14.2 Å². The van der Waals surface area contributed by atoms with E-state index < -0.39 is 0 Å². The smallest absolute Gasteiger partial charge is 0.144 e. The van der Waals surface area contributed by atoms with Crippen molar-refractivity contribution in [3.63, 3.8) is 0 Å². The van der Waals surface area contributed by atoms with Crippen molar-refractivity contribution in [2.24, 2.45) is 0 Å². The molecule has 0 amide bonds. The zero-order valence-corrected chi connectivity index (χ0v) is 12.7. The van der Waals surface area contributed by atoms with E-state index in [0.717, 1.165) is 32.9 Å². The number of ether oxygens (including phenoxy) is 2. The van der Waals surface area contributed by atoms with Crippen LogP contribution in [0.25, 0.3) is 16.9 Å². The van der Waals surface area contributed by atoms with Gasteiger partial charge in [0, 0.05) is 22.3 Å². The summed E-state index contributed by atoms with van der Waals surface area (Å²) < 4.78 is 13.6. The number of benzene rings is 1. The van der Waals surface area contributed by atoms with Gasteiger partial charge >= 0.3 is 0 Å². The van der Waals surface area contributed by atoms with Crippen molar-refractivity contribution in [1.82, 2.24) is 9.38 Å². The highest BCUT2D eigenvalue weighted by Gasteiger charge is 2.10. The number of aromatic nitrogens is 2. The molecule has 0 aliphatic rings. The summed E-state index contributed by atoms with van der Waals surface area (Å²) in [5.74, 6) is 2.33. The van der Waals surface area contributed by atoms with Crippen LogP contribution in [0.3, 0.4) is 0 Å². The van der Waals surface area contributed by atoms with E-state index in [4.69, 9.17) is 9.47 Å². The lowest BCUT2D eigenvalue weighted by Gasteiger charge is -2.08. The molecular formula is C15H13BrN2O2. The Morgan fingerprint density at radius 3 is 2.40 bits per heavy atom. The summed E-state index contributed by atoms with van der Waals surface area (Å²) in [6, 6.07) is 9.73. The lowest BCUT2D eigenvalue weighted by Crippen LogP contribution is -1.92. The fraction of sp³-hybridized carbons (Fsp3) is 0.133. The van der Waals surface area contributed by atoms with Crippen molar-refractivity contribution in [2.45, 2.75) is 0 Å². The number of fused-ring (bicyclic) bond motifs is 1. The molecule has 0 aliphatic heterocycles. The number of rotatable bonds is 3. The Labute approximate surface area is 125 Å². The van der Waals surface area contributed by atoms with E-state index in [2.05, 4.69) is 20.9 Å². The molecule has 0 atom stereocenters. The molecule has 2 heterocycles. The summed E-state index contributed by atoms with van der Waals surface area (Å²) in [6.07, 6.45) is 3.83. The second-order valence-electron chi connectivity index (χ2n) is 4.33. The zero-order chi connectivity index (χ0) is 14.1. The maximum absolute atomic E-state index is 5.30. The third kappa shape index (κ3) is 2.25. The summed E-state index contributed by atoms with van der Waals surface area (Å²) in [4.78, 5) is 4.49. The molecule has 3 aromatic rings. The normalized spacial score (nSPS) is 10.8. The van der Waals surface area contributed by atoms with Crippen LogP contribution in [0, 0.1) is 0 Å². The van der Waals surface area contributed by atoms with Crippen molar-refractivity contribution < 1.29 is 9.47 Å². The quantitative estimate of drug-likeness (QED) is 0.732. The van der Waals surface area contributed by atoms with Crippen LogP contribution in [0.1, 0.15) is 0 Å². The fourth-order valence-corrected chi connectivity index (χ4v) is 2.45. The van der Waals surface area contributed by atoms with Crippen LogP contribution in [0.15, 0.2) is 47.2 Å². The Morgan fingerprint density at radius 1 is 1.05 bits per heavy atom. The predicted molar refractivity (Wildman–Crippen MR) is 81.4 cm³/mol. The van der Waals surface area contributed by atoms with Gasteiger partial charge in [-0.05, 0) is 40.2 Å². The molecule has 0 fully saturated rings. The number of methoxy groups -OCH3 is 2. The molecule has 2 aromatic heterocycles. The first kappa shape index (κ1) is 13.0. The van der Waals surface area contributed by atoms with Crippen LogP contribution in [-0.4, -0.2) is 23.6 Å². The molecule has 0 aliphatic carbocycles. The Hall–Kier alpha value is -2.01. The first-order chi connectivity index (χ1) is 9.71. The van der Waals surface area contributed by atoms with Crippen LogP contribution in [0.5, 0.6) is 11.5 Å². The molecular weight excluding hydrogens is 320 g/mol. The van der Waals surface area contributed by atoms with Crippen molar-refractivity contribution in [1.29, 1.82) is 0 Å². The van der Waals surface area contributed by atoms with Gasteiger partial charge in [0.2, 0.25) is 0 Å². The lowest BCUT2D eigenvalue weighted by atomic mass is 10.2. The van der Waals surface area contributed by atoms with Crippen LogP contribution in [0.4, 0.5) is 0 Å². The Bertz CT molecular complexity index is 745. The molecule has 1 aromatic carbocycles. The first-order valence-electron chi connectivity index (χ1n) is 6.07. The number of hydrogen-bond donors (Lipinski definition) is 0. The van der Waals surface area contributed by atoms with Gasteiger partial charge in [0.05, 0.1) is 25.9 Å². The summed E-state index contributed by atoms with van der Waals surface area (Å²) in [7, 11) is 3.28. The van der Waals surface area contributed by atoms with Gasteiger partial charge in [0.1, 0.15) is 17.3 Å². The van der Waals surface area contributed by atoms with Crippen molar-refractivity contribution in [3.05, 3.63) is 47.2 Å². The molecule has 0 unspecified atom stereocenters. The highest BCUT2D eigenvalue weighted by atomic mass is 79.9. The average Bonchev–Trinajstić information content (AvgIpc) is 2.89. The molecule has 20 heavy (non-hydrogen) atoms. The second kappa shape index (κ2) is 5.17. The first-order valence-corrected chi connectivity index (χ1v) is 6.86. The van der Waals surface area contributed by atoms with Gasteiger partial charge < -0.3 is 9.47 Å². The van der Waals surface area contributed by atoms with Gasteiger partial charge in [-0.3, -0.25) is 4.40 Å². The van der Waals surface area contributed by atoms with Gasteiger partial charge in [-0.25, -0.2) is 4.98 Å². The standard InChI is InChI=1S/C15H13BrN2O2/c1-19-13-5-10(6-14(7-13)20-2)15-17-8-12-4-3-11(16)9-18(12)15/h3-9H,1-2H3. The Kier molecular flexibility index (Phi) is 3.36. The predicted octanol–water partition coefficient (Wildman–Crippen LogP) is 3.78. The summed E-state index contributed by atoms with van der Waals surface area (Å²) in [6.45, 7) is 0. The van der Waals surface area contributed by atoms with Crippen LogP contribution in [-0.2, 0) is 0 Å². The van der Waals surface area contributed by atoms with E-state index >= 15 is 0 Å². The average molecular weight is 333 g/mol. The van der Waals surface area contributed by atoms with Crippen LogP contribution in [0.2, 0.25) is 0 Å². The second-order valence-corrected chi connectivity index (χ2v) is 5.24. The molecule has 0 saturated heterocycles. The van der Waals surface area contributed by atoms with E-state index in [1.807, 2.05) is 47.1 Å². The van der Waals surface area contributed by atoms with Gasteiger partial charge in [-0.15, -0.1) is 0 Å². The Morgan fingerprint density at radius 2 is 1.75 bits per heavy atom. The Balaban J connectivity index is 2.22. The summed E-state index contributed by atoms with van der Waals surface area (Å²) in [5.41, 5.74) is 1.98. The minimum Gasteiger partial charge on any atom is -0.497 e.